The first-order valence-corrected chi connectivity index (χ1v) is 6.14. The van der Waals surface area contributed by atoms with E-state index < -0.39 is 0 Å². The molecule has 0 amide bonds. The summed E-state index contributed by atoms with van der Waals surface area (Å²) in [5.41, 5.74) is 6.94. The lowest BCUT2D eigenvalue weighted by molar-refractivity contribution is 0.410. The van der Waals surface area contributed by atoms with Gasteiger partial charge in [0.15, 0.2) is 0 Å². The molecule has 2 N–H and O–H groups in total. The highest BCUT2D eigenvalue weighted by Crippen LogP contribution is 2.38. The Morgan fingerprint density at radius 3 is 2.75 bits per heavy atom. The minimum Gasteiger partial charge on any atom is -0.497 e. The van der Waals surface area contributed by atoms with E-state index in [4.69, 9.17) is 10.5 Å². The van der Waals surface area contributed by atoms with Gasteiger partial charge in [0.1, 0.15) is 11.6 Å². The lowest BCUT2D eigenvalue weighted by Gasteiger charge is -2.11. The van der Waals surface area contributed by atoms with E-state index in [2.05, 4.69) is 15.9 Å². The summed E-state index contributed by atoms with van der Waals surface area (Å²) in [5.74, 6) is 0.272. The molecule has 0 atom stereocenters. The van der Waals surface area contributed by atoms with Gasteiger partial charge in [-0.1, -0.05) is 0 Å². The van der Waals surface area contributed by atoms with Crippen LogP contribution in [0.15, 0.2) is 16.6 Å². The van der Waals surface area contributed by atoms with Gasteiger partial charge in [0.25, 0.3) is 0 Å². The van der Waals surface area contributed by atoms with Crippen molar-refractivity contribution in [2.75, 3.05) is 7.11 Å². The summed E-state index contributed by atoms with van der Waals surface area (Å²) in [5, 5.41) is 0. The monoisotopic (exact) mass is 287 g/mol. The molecule has 2 nitrogen and oxygen atoms in total. The van der Waals surface area contributed by atoms with E-state index in [1.54, 1.807) is 0 Å². The number of hydrogen-bond donors (Lipinski definition) is 1. The fourth-order valence-corrected chi connectivity index (χ4v) is 2.14. The van der Waals surface area contributed by atoms with Gasteiger partial charge in [0.2, 0.25) is 0 Å². The van der Waals surface area contributed by atoms with Gasteiger partial charge in [0, 0.05) is 11.6 Å². The molecule has 16 heavy (non-hydrogen) atoms. The molecule has 0 heterocycles. The van der Waals surface area contributed by atoms with Gasteiger partial charge < -0.3 is 10.5 Å². The number of hydrogen-bond acceptors (Lipinski definition) is 2. The molecule has 0 radical (unpaired) electrons. The fourth-order valence-electron chi connectivity index (χ4n) is 1.71. The largest absolute Gasteiger partial charge is 0.497 e. The first-order chi connectivity index (χ1) is 7.54. The van der Waals surface area contributed by atoms with Crippen molar-refractivity contribution in [3.63, 3.8) is 0 Å². The molecule has 0 saturated heterocycles. The van der Waals surface area contributed by atoms with Crippen LogP contribution >= 0.6 is 15.9 Å². The number of nitrogens with two attached hydrogens (primary N) is 1. The zero-order valence-electron chi connectivity index (χ0n) is 9.22. The quantitative estimate of drug-likeness (QED) is 0.924. The predicted octanol–water partition coefficient (Wildman–Crippen LogP) is 3.02. The predicted molar refractivity (Wildman–Crippen MR) is 65.1 cm³/mol. The molecular weight excluding hydrogens is 273 g/mol. The molecular formula is C12H15BrFNO. The molecule has 0 spiro atoms. The number of ether oxygens (including phenoxy) is 1. The molecule has 2 rings (SSSR count). The van der Waals surface area contributed by atoms with Crippen molar-refractivity contribution in [3.8, 4) is 5.75 Å². The van der Waals surface area contributed by atoms with Crippen molar-refractivity contribution in [2.24, 2.45) is 5.73 Å². The van der Waals surface area contributed by atoms with E-state index in [0.717, 1.165) is 31.2 Å². The molecule has 1 saturated carbocycles. The summed E-state index contributed by atoms with van der Waals surface area (Å²) < 4.78 is 19.1. The number of methoxy groups -OCH3 is 1. The zero-order valence-corrected chi connectivity index (χ0v) is 10.8. The second-order valence-corrected chi connectivity index (χ2v) is 5.24. The maximum Gasteiger partial charge on any atom is 0.141 e. The van der Waals surface area contributed by atoms with Crippen LogP contribution in [0, 0.1) is 5.82 Å². The number of aryl methyl sites for hydroxylation is 1. The molecule has 0 aromatic heterocycles. The third-order valence-electron chi connectivity index (χ3n) is 3.10. The summed E-state index contributed by atoms with van der Waals surface area (Å²) in [6, 6.07) is 3.24. The molecule has 1 aromatic rings. The zero-order chi connectivity index (χ0) is 11.8. The van der Waals surface area contributed by atoms with Crippen LogP contribution in [0.1, 0.15) is 24.8 Å². The van der Waals surface area contributed by atoms with Crippen LogP contribution in [-0.2, 0) is 6.42 Å². The second kappa shape index (κ2) is 4.34. The van der Waals surface area contributed by atoms with Crippen LogP contribution in [-0.4, -0.2) is 12.6 Å². The van der Waals surface area contributed by atoms with Gasteiger partial charge in [-0.25, -0.2) is 4.39 Å². The van der Waals surface area contributed by atoms with Crippen molar-refractivity contribution in [1.29, 1.82) is 0 Å². The van der Waals surface area contributed by atoms with Gasteiger partial charge >= 0.3 is 0 Å². The van der Waals surface area contributed by atoms with Crippen LogP contribution in [0.25, 0.3) is 0 Å². The second-order valence-electron chi connectivity index (χ2n) is 4.44. The van der Waals surface area contributed by atoms with Gasteiger partial charge in [-0.15, -0.1) is 0 Å². The topological polar surface area (TPSA) is 35.2 Å². The summed E-state index contributed by atoms with van der Waals surface area (Å²) in [6.45, 7) is 0. The number of benzene rings is 1. The third kappa shape index (κ3) is 2.55. The van der Waals surface area contributed by atoms with Gasteiger partial charge in [-0.3, -0.25) is 0 Å². The highest BCUT2D eigenvalue weighted by atomic mass is 79.9. The molecule has 0 aliphatic heterocycles. The Hall–Kier alpha value is -0.610. The first-order valence-electron chi connectivity index (χ1n) is 5.35. The smallest absolute Gasteiger partial charge is 0.141 e. The average molecular weight is 288 g/mol. The Morgan fingerprint density at radius 2 is 2.19 bits per heavy atom. The van der Waals surface area contributed by atoms with E-state index in [-0.39, 0.29) is 11.4 Å². The maximum absolute atomic E-state index is 13.5. The van der Waals surface area contributed by atoms with Crippen molar-refractivity contribution >= 4 is 15.9 Å². The van der Waals surface area contributed by atoms with Crippen LogP contribution < -0.4 is 10.5 Å². The molecule has 1 aliphatic carbocycles. The normalized spacial score (nSPS) is 17.2. The highest BCUT2D eigenvalue weighted by Gasteiger charge is 2.37. The third-order valence-corrected chi connectivity index (χ3v) is 3.99. The van der Waals surface area contributed by atoms with Gasteiger partial charge in [-0.2, -0.15) is 0 Å². The van der Waals surface area contributed by atoms with Crippen LogP contribution in [0.3, 0.4) is 0 Å². The molecule has 88 valence electrons. The van der Waals surface area contributed by atoms with Crippen molar-refractivity contribution < 1.29 is 9.13 Å². The molecule has 4 heteroatoms. The van der Waals surface area contributed by atoms with Crippen molar-refractivity contribution in [1.82, 2.24) is 0 Å². The van der Waals surface area contributed by atoms with E-state index in [0.29, 0.717) is 10.2 Å². The highest BCUT2D eigenvalue weighted by molar-refractivity contribution is 9.10. The first kappa shape index (κ1) is 11.9. The minimum atomic E-state index is -0.281. The standard InChI is InChI=1S/C12H15BrFNO/c1-16-9-6-8(11(13)10(14)7-9)2-3-12(15)4-5-12/h6-7H,2-5,15H2,1H3. The number of rotatable bonds is 4. The van der Waals surface area contributed by atoms with E-state index in [1.807, 2.05) is 6.07 Å². The Kier molecular flexibility index (Phi) is 3.22. The fraction of sp³-hybridized carbons (Fsp3) is 0.500. The number of halogens is 2. The molecule has 1 aliphatic rings. The van der Waals surface area contributed by atoms with Gasteiger partial charge in [0.05, 0.1) is 11.6 Å². The molecule has 1 fully saturated rings. The Balaban J connectivity index is 2.15. The minimum absolute atomic E-state index is 0.000999. The molecule has 1 aromatic carbocycles. The molecule has 0 unspecified atom stereocenters. The Labute approximate surface area is 103 Å². The maximum atomic E-state index is 13.5. The van der Waals surface area contributed by atoms with Crippen LogP contribution in [0.2, 0.25) is 0 Å². The lowest BCUT2D eigenvalue weighted by atomic mass is 10.0. The van der Waals surface area contributed by atoms with Gasteiger partial charge in [-0.05, 0) is 53.2 Å². The van der Waals surface area contributed by atoms with E-state index in [1.165, 1.54) is 13.2 Å². The Morgan fingerprint density at radius 1 is 1.50 bits per heavy atom. The summed E-state index contributed by atoms with van der Waals surface area (Å²) in [4.78, 5) is 0. The van der Waals surface area contributed by atoms with Crippen LogP contribution in [0.5, 0.6) is 5.75 Å². The lowest BCUT2D eigenvalue weighted by Crippen LogP contribution is -2.22. The average Bonchev–Trinajstić information content (AvgIpc) is 2.99. The van der Waals surface area contributed by atoms with Crippen molar-refractivity contribution in [2.45, 2.75) is 31.2 Å². The Bertz CT molecular complexity index is 404. The molecule has 0 bridgehead atoms. The van der Waals surface area contributed by atoms with Crippen LogP contribution in [0.4, 0.5) is 4.39 Å². The van der Waals surface area contributed by atoms with E-state index >= 15 is 0 Å². The van der Waals surface area contributed by atoms with Crippen molar-refractivity contribution in [3.05, 3.63) is 28.0 Å². The SMILES string of the molecule is COc1cc(F)c(Br)c(CCC2(N)CC2)c1. The van der Waals surface area contributed by atoms with E-state index in [9.17, 15) is 4.39 Å². The summed E-state index contributed by atoms with van der Waals surface area (Å²) in [6.07, 6.45) is 3.84. The summed E-state index contributed by atoms with van der Waals surface area (Å²) >= 11 is 3.26. The summed E-state index contributed by atoms with van der Waals surface area (Å²) in [7, 11) is 1.54.